The van der Waals surface area contributed by atoms with Crippen LogP contribution in [0.1, 0.15) is 12.0 Å². The molecule has 1 aliphatic rings. The van der Waals surface area contributed by atoms with Gasteiger partial charge in [-0.15, -0.1) is 0 Å². The number of hydrogen-bond acceptors (Lipinski definition) is 4. The first-order valence-electron chi connectivity index (χ1n) is 7.96. The average Bonchev–Trinajstić information content (AvgIpc) is 2.88. The molecule has 0 saturated carbocycles. The van der Waals surface area contributed by atoms with Crippen LogP contribution in [0.25, 0.3) is 0 Å². The van der Waals surface area contributed by atoms with Gasteiger partial charge in [-0.25, -0.2) is 0 Å². The van der Waals surface area contributed by atoms with Crippen molar-refractivity contribution < 1.29 is 14.3 Å². The summed E-state index contributed by atoms with van der Waals surface area (Å²) in [7, 11) is 1.62. The molecule has 2 aromatic carbocycles. The molecule has 1 aliphatic heterocycles. The third-order valence-electron chi connectivity index (χ3n) is 4.14. The normalized spacial score (nSPS) is 17.2. The minimum absolute atomic E-state index is 0.123. The number of amides is 2. The Kier molecular flexibility index (Phi) is 4.79. The van der Waals surface area contributed by atoms with Crippen molar-refractivity contribution in [1.82, 2.24) is 4.90 Å². The topological polar surface area (TPSA) is 58.6 Å². The summed E-state index contributed by atoms with van der Waals surface area (Å²) < 4.78 is 5.12. The van der Waals surface area contributed by atoms with Gasteiger partial charge in [0, 0.05) is 12.2 Å². The van der Waals surface area contributed by atoms with E-state index in [-0.39, 0.29) is 18.2 Å². The number of methoxy groups -OCH3 is 1. The van der Waals surface area contributed by atoms with E-state index in [1.165, 1.54) is 4.90 Å². The smallest absolute Gasteiger partial charge is 0.252 e. The van der Waals surface area contributed by atoms with Gasteiger partial charge in [-0.3, -0.25) is 14.5 Å². The number of nitrogens with zero attached hydrogens (tertiary/aromatic N) is 1. The van der Waals surface area contributed by atoms with Crippen LogP contribution in [0.4, 0.5) is 5.69 Å². The van der Waals surface area contributed by atoms with Gasteiger partial charge in [-0.05, 0) is 36.2 Å². The molecule has 1 fully saturated rings. The first-order chi connectivity index (χ1) is 11.7. The van der Waals surface area contributed by atoms with E-state index >= 15 is 0 Å². The number of hydrogen-bond donors (Lipinski definition) is 1. The summed E-state index contributed by atoms with van der Waals surface area (Å²) >= 11 is 0. The van der Waals surface area contributed by atoms with Gasteiger partial charge in [0.2, 0.25) is 5.91 Å². The Morgan fingerprint density at radius 3 is 2.46 bits per heavy atom. The number of nitrogens with one attached hydrogen (secondary N) is 1. The number of carbonyl (C=O) groups excluding carboxylic acids is 2. The molecule has 5 heteroatoms. The van der Waals surface area contributed by atoms with E-state index in [0.717, 1.165) is 17.0 Å². The molecule has 1 N–H and O–H groups in total. The maximum Gasteiger partial charge on any atom is 0.252 e. The van der Waals surface area contributed by atoms with Crippen LogP contribution in [0.3, 0.4) is 0 Å². The molecule has 0 radical (unpaired) electrons. The molecule has 2 aromatic rings. The quantitative estimate of drug-likeness (QED) is 0.829. The highest BCUT2D eigenvalue weighted by atomic mass is 16.5. The van der Waals surface area contributed by atoms with Crippen molar-refractivity contribution in [3.8, 4) is 5.75 Å². The summed E-state index contributed by atoms with van der Waals surface area (Å²) in [5.41, 5.74) is 1.91. The van der Waals surface area contributed by atoms with Crippen LogP contribution in [0, 0.1) is 0 Å². The van der Waals surface area contributed by atoms with E-state index in [4.69, 9.17) is 4.74 Å². The highest BCUT2D eigenvalue weighted by Crippen LogP contribution is 2.19. The SMILES string of the molecule is COc1ccc(CCN2C(=O)C[C@H](Nc3ccccc3)C2=O)cc1. The predicted octanol–water partition coefficient (Wildman–Crippen LogP) is 2.48. The molecular weight excluding hydrogens is 304 g/mol. The summed E-state index contributed by atoms with van der Waals surface area (Å²) in [4.78, 5) is 26.0. The highest BCUT2D eigenvalue weighted by molar-refractivity contribution is 6.06. The van der Waals surface area contributed by atoms with E-state index in [9.17, 15) is 9.59 Å². The number of ether oxygens (including phenoxy) is 1. The number of carbonyl (C=O) groups is 2. The van der Waals surface area contributed by atoms with Gasteiger partial charge in [0.25, 0.3) is 5.91 Å². The average molecular weight is 324 g/mol. The lowest BCUT2D eigenvalue weighted by Crippen LogP contribution is -2.36. The van der Waals surface area contributed by atoms with Crippen LogP contribution in [0.15, 0.2) is 54.6 Å². The molecule has 0 aromatic heterocycles. The molecule has 24 heavy (non-hydrogen) atoms. The van der Waals surface area contributed by atoms with E-state index < -0.39 is 6.04 Å². The summed E-state index contributed by atoms with van der Waals surface area (Å²) in [6.45, 7) is 0.400. The molecular formula is C19H20N2O3. The van der Waals surface area contributed by atoms with E-state index in [1.54, 1.807) is 7.11 Å². The number of rotatable bonds is 6. The molecule has 0 spiro atoms. The highest BCUT2D eigenvalue weighted by Gasteiger charge is 2.38. The largest absolute Gasteiger partial charge is 0.497 e. The zero-order valence-electron chi connectivity index (χ0n) is 13.6. The fourth-order valence-corrected chi connectivity index (χ4v) is 2.80. The first-order valence-corrected chi connectivity index (χ1v) is 7.96. The van der Waals surface area contributed by atoms with Crippen LogP contribution in [0.5, 0.6) is 5.75 Å². The Bertz CT molecular complexity index is 713. The fraction of sp³-hybridized carbons (Fsp3) is 0.263. The van der Waals surface area contributed by atoms with Crippen molar-refractivity contribution in [3.05, 3.63) is 60.2 Å². The second-order valence-corrected chi connectivity index (χ2v) is 5.75. The minimum Gasteiger partial charge on any atom is -0.497 e. The Morgan fingerprint density at radius 2 is 1.79 bits per heavy atom. The number of benzene rings is 2. The summed E-state index contributed by atoms with van der Waals surface area (Å²) in [6, 6.07) is 16.6. The van der Waals surface area contributed by atoms with Crippen LogP contribution >= 0.6 is 0 Å². The zero-order valence-corrected chi connectivity index (χ0v) is 13.6. The van der Waals surface area contributed by atoms with E-state index in [2.05, 4.69) is 5.32 Å². The molecule has 2 amide bonds. The van der Waals surface area contributed by atoms with Gasteiger partial charge in [0.1, 0.15) is 11.8 Å². The monoisotopic (exact) mass is 324 g/mol. The second-order valence-electron chi connectivity index (χ2n) is 5.75. The lowest BCUT2D eigenvalue weighted by Gasteiger charge is -2.16. The molecule has 0 bridgehead atoms. The zero-order chi connectivity index (χ0) is 16.9. The maximum absolute atomic E-state index is 12.5. The Morgan fingerprint density at radius 1 is 1.08 bits per heavy atom. The summed E-state index contributed by atoms with van der Waals surface area (Å²) in [6.07, 6.45) is 0.843. The van der Waals surface area contributed by atoms with E-state index in [1.807, 2.05) is 54.6 Å². The van der Waals surface area contributed by atoms with Crippen molar-refractivity contribution in [3.63, 3.8) is 0 Å². The Balaban J connectivity index is 1.59. The number of imide groups is 1. The van der Waals surface area contributed by atoms with Gasteiger partial charge in [0.15, 0.2) is 0 Å². The molecule has 124 valence electrons. The fourth-order valence-electron chi connectivity index (χ4n) is 2.80. The Labute approximate surface area is 141 Å². The molecule has 1 saturated heterocycles. The van der Waals surface area contributed by atoms with Crippen molar-refractivity contribution >= 4 is 17.5 Å². The molecule has 0 unspecified atom stereocenters. The predicted molar refractivity (Wildman–Crippen MR) is 91.9 cm³/mol. The maximum atomic E-state index is 12.5. The molecule has 1 atom stereocenters. The van der Waals surface area contributed by atoms with Gasteiger partial charge in [0.05, 0.1) is 13.5 Å². The standard InChI is InChI=1S/C19H20N2O3/c1-24-16-9-7-14(8-10-16)11-12-21-18(22)13-17(19(21)23)20-15-5-3-2-4-6-15/h2-10,17,20H,11-13H2,1H3/t17-/m0/s1. The van der Waals surface area contributed by atoms with E-state index in [0.29, 0.717) is 13.0 Å². The number of para-hydroxylation sites is 1. The van der Waals surface area contributed by atoms with Crippen LogP contribution in [-0.2, 0) is 16.0 Å². The van der Waals surface area contributed by atoms with Gasteiger partial charge < -0.3 is 10.1 Å². The second kappa shape index (κ2) is 7.17. The van der Waals surface area contributed by atoms with Crippen LogP contribution < -0.4 is 10.1 Å². The molecule has 1 heterocycles. The minimum atomic E-state index is -0.476. The lowest BCUT2D eigenvalue weighted by molar-refractivity contribution is -0.138. The van der Waals surface area contributed by atoms with Gasteiger partial charge >= 0.3 is 0 Å². The van der Waals surface area contributed by atoms with Crippen LogP contribution in [-0.4, -0.2) is 36.4 Å². The van der Waals surface area contributed by atoms with Crippen molar-refractivity contribution in [2.45, 2.75) is 18.9 Å². The summed E-state index contributed by atoms with van der Waals surface area (Å²) in [5.74, 6) is 0.513. The van der Waals surface area contributed by atoms with Crippen molar-refractivity contribution in [2.75, 3.05) is 19.0 Å². The van der Waals surface area contributed by atoms with Crippen molar-refractivity contribution in [1.29, 1.82) is 0 Å². The lowest BCUT2D eigenvalue weighted by atomic mass is 10.1. The molecule has 5 nitrogen and oxygen atoms in total. The van der Waals surface area contributed by atoms with Gasteiger partial charge in [-0.2, -0.15) is 0 Å². The first kappa shape index (κ1) is 16.1. The molecule has 3 rings (SSSR count). The van der Waals surface area contributed by atoms with Crippen molar-refractivity contribution in [2.24, 2.45) is 0 Å². The molecule has 0 aliphatic carbocycles. The third kappa shape index (κ3) is 3.56. The summed E-state index contributed by atoms with van der Waals surface area (Å²) in [5, 5.41) is 3.14. The number of anilines is 1. The third-order valence-corrected chi connectivity index (χ3v) is 4.14. The number of likely N-dealkylation sites (tertiary alicyclic amines) is 1. The van der Waals surface area contributed by atoms with Gasteiger partial charge in [-0.1, -0.05) is 30.3 Å². The van der Waals surface area contributed by atoms with Crippen LogP contribution in [0.2, 0.25) is 0 Å². The Hall–Kier alpha value is -2.82.